The molecule has 0 saturated heterocycles. The number of likely N-dealkylation sites (N-methyl/N-ethyl adjacent to an activating group) is 1. The lowest BCUT2D eigenvalue weighted by Crippen LogP contribution is -2.40. The summed E-state index contributed by atoms with van der Waals surface area (Å²) in [6.07, 6.45) is 33.0. The highest BCUT2D eigenvalue weighted by Gasteiger charge is 2.25. The van der Waals surface area contributed by atoms with Crippen molar-refractivity contribution < 1.29 is 42.9 Å². The van der Waals surface area contributed by atoms with Crippen LogP contribution in [0.25, 0.3) is 0 Å². The fourth-order valence-corrected chi connectivity index (χ4v) is 5.89. The molecule has 9 heteroatoms. The van der Waals surface area contributed by atoms with E-state index in [1.54, 1.807) is 0 Å². The number of quaternary nitrogens is 1. The van der Waals surface area contributed by atoms with Gasteiger partial charge in [-0.2, -0.15) is 0 Å². The number of hydrogen-bond donors (Lipinski definition) is 1. The van der Waals surface area contributed by atoms with Crippen LogP contribution in [-0.2, 0) is 33.3 Å². The molecule has 0 saturated carbocycles. The predicted octanol–water partition coefficient (Wildman–Crippen LogP) is 10.7. The lowest BCUT2D eigenvalue weighted by atomic mass is 10.1. The third-order valence-electron chi connectivity index (χ3n) is 9.27. The topological polar surface area (TPSA) is 108 Å². The van der Waals surface area contributed by atoms with Crippen molar-refractivity contribution in [2.75, 3.05) is 47.5 Å². The largest absolute Gasteiger partial charge is 0.477 e. The number of unbranched alkanes of at least 4 members (excludes halogenated alkanes) is 22. The molecule has 0 aliphatic heterocycles. The maximum atomic E-state index is 12.7. The molecule has 2 atom stereocenters. The lowest BCUT2D eigenvalue weighted by Gasteiger charge is -2.25. The van der Waals surface area contributed by atoms with Crippen LogP contribution in [0.3, 0.4) is 0 Å². The predicted molar refractivity (Wildman–Crippen MR) is 212 cm³/mol. The van der Waals surface area contributed by atoms with Gasteiger partial charge in [-0.1, -0.05) is 148 Å². The lowest BCUT2D eigenvalue weighted by molar-refractivity contribution is -0.870. The zero-order valence-corrected chi connectivity index (χ0v) is 34.5. The van der Waals surface area contributed by atoms with Gasteiger partial charge in [0.05, 0.1) is 34.4 Å². The number of allylic oxidation sites excluding steroid dienone is 2. The van der Waals surface area contributed by atoms with Gasteiger partial charge in [0.2, 0.25) is 0 Å². The number of ether oxygens (including phenoxy) is 4. The number of nitrogens with zero attached hydrogens (tertiary/aromatic N) is 1. The number of esters is 2. The molecule has 0 aromatic heterocycles. The highest BCUT2D eigenvalue weighted by Crippen LogP contribution is 2.14. The number of carbonyl (C=O) groups is 3. The molecule has 0 aromatic rings. The van der Waals surface area contributed by atoms with Crippen LogP contribution in [0.4, 0.5) is 0 Å². The second kappa shape index (κ2) is 36.0. The standard InChI is InChI=1S/C43H81NO8/c1-6-8-10-12-14-15-16-17-18-19-20-21-22-23-24-25-26-27-28-30-32-34-41(46)52-39(37-50-40(45)33-31-29-13-11-9-7-2)38-51-43(42(47)48)49-36-35-44(3,4)5/h19-20,39,43H,6-18,21-38H2,1-5H3/p+1/b20-19-. The highest BCUT2D eigenvalue weighted by molar-refractivity contribution is 5.71. The Morgan fingerprint density at radius 3 is 1.42 bits per heavy atom. The van der Waals surface area contributed by atoms with E-state index in [1.807, 2.05) is 21.1 Å². The fraction of sp³-hybridized carbons (Fsp3) is 0.884. The van der Waals surface area contributed by atoms with Crippen molar-refractivity contribution in [1.82, 2.24) is 0 Å². The quantitative estimate of drug-likeness (QED) is 0.0218. The molecule has 0 aromatic carbocycles. The van der Waals surface area contributed by atoms with E-state index in [-0.39, 0.29) is 32.2 Å². The first-order chi connectivity index (χ1) is 25.1. The Kier molecular flexibility index (Phi) is 34.7. The molecule has 0 fully saturated rings. The van der Waals surface area contributed by atoms with Crippen molar-refractivity contribution in [2.24, 2.45) is 0 Å². The zero-order valence-electron chi connectivity index (χ0n) is 34.5. The van der Waals surface area contributed by atoms with E-state index in [0.29, 0.717) is 17.4 Å². The molecule has 0 spiro atoms. The van der Waals surface area contributed by atoms with E-state index in [0.717, 1.165) is 38.5 Å². The summed E-state index contributed by atoms with van der Waals surface area (Å²) in [7, 11) is 5.94. The number of aliphatic carboxylic acids is 1. The SMILES string of the molecule is CCCCCCCCCC/C=C\CCCCCCCCCCCC(=O)OC(COC(=O)CCCCCCCC)COC(OCC[N+](C)(C)C)C(=O)O. The van der Waals surface area contributed by atoms with E-state index in [9.17, 15) is 19.5 Å². The van der Waals surface area contributed by atoms with Gasteiger partial charge in [-0.25, -0.2) is 4.79 Å². The summed E-state index contributed by atoms with van der Waals surface area (Å²) < 4.78 is 22.6. The van der Waals surface area contributed by atoms with E-state index < -0.39 is 24.3 Å². The van der Waals surface area contributed by atoms with Crippen molar-refractivity contribution in [3.05, 3.63) is 12.2 Å². The first kappa shape index (κ1) is 50.0. The number of carboxylic acid groups (broad SMARTS) is 1. The summed E-state index contributed by atoms with van der Waals surface area (Å²) in [5, 5.41) is 9.58. The molecular weight excluding hydrogens is 658 g/mol. The second-order valence-corrected chi connectivity index (χ2v) is 15.7. The van der Waals surface area contributed by atoms with E-state index in [1.165, 1.54) is 122 Å². The molecule has 0 aliphatic rings. The van der Waals surface area contributed by atoms with Gasteiger partial charge >= 0.3 is 17.9 Å². The average molecular weight is 741 g/mol. The van der Waals surface area contributed by atoms with Gasteiger partial charge in [0.25, 0.3) is 6.29 Å². The van der Waals surface area contributed by atoms with E-state index >= 15 is 0 Å². The van der Waals surface area contributed by atoms with Crippen LogP contribution in [0.5, 0.6) is 0 Å². The molecule has 0 radical (unpaired) electrons. The van der Waals surface area contributed by atoms with Crippen molar-refractivity contribution in [3.63, 3.8) is 0 Å². The van der Waals surface area contributed by atoms with Crippen LogP contribution in [0, 0.1) is 0 Å². The summed E-state index contributed by atoms with van der Waals surface area (Å²) in [6.45, 7) is 4.80. The van der Waals surface area contributed by atoms with Crippen molar-refractivity contribution >= 4 is 17.9 Å². The Hall–Kier alpha value is -1.97. The van der Waals surface area contributed by atoms with Gasteiger partial charge in [0, 0.05) is 12.8 Å². The van der Waals surface area contributed by atoms with Crippen LogP contribution in [0.15, 0.2) is 12.2 Å². The molecule has 9 nitrogen and oxygen atoms in total. The molecule has 0 heterocycles. The van der Waals surface area contributed by atoms with Crippen molar-refractivity contribution in [3.8, 4) is 0 Å². The zero-order chi connectivity index (χ0) is 38.5. The van der Waals surface area contributed by atoms with Crippen LogP contribution >= 0.6 is 0 Å². The third-order valence-corrected chi connectivity index (χ3v) is 9.27. The van der Waals surface area contributed by atoms with E-state index in [4.69, 9.17) is 18.9 Å². The number of rotatable bonds is 39. The first-order valence-corrected chi connectivity index (χ1v) is 21.4. The van der Waals surface area contributed by atoms with Gasteiger partial charge in [-0.05, 0) is 38.5 Å². The van der Waals surface area contributed by atoms with Gasteiger partial charge in [0.1, 0.15) is 13.2 Å². The number of carbonyl (C=O) groups excluding carboxylic acids is 2. The van der Waals surface area contributed by atoms with Crippen LogP contribution in [-0.4, -0.2) is 87.4 Å². The monoisotopic (exact) mass is 741 g/mol. The van der Waals surface area contributed by atoms with Crippen LogP contribution < -0.4 is 0 Å². The maximum absolute atomic E-state index is 12.7. The van der Waals surface area contributed by atoms with Crippen molar-refractivity contribution in [2.45, 2.75) is 200 Å². The fourth-order valence-electron chi connectivity index (χ4n) is 5.89. The van der Waals surface area contributed by atoms with Crippen LogP contribution in [0.2, 0.25) is 0 Å². The molecule has 306 valence electrons. The minimum absolute atomic E-state index is 0.179. The summed E-state index contributed by atoms with van der Waals surface area (Å²) in [6, 6.07) is 0. The Morgan fingerprint density at radius 1 is 0.558 bits per heavy atom. The molecule has 2 unspecified atom stereocenters. The second-order valence-electron chi connectivity index (χ2n) is 15.7. The molecular formula is C43H82NO8+. The summed E-state index contributed by atoms with van der Waals surface area (Å²) in [5.74, 6) is -2.01. The van der Waals surface area contributed by atoms with Gasteiger partial charge in [-0.15, -0.1) is 0 Å². The number of carboxylic acids is 1. The maximum Gasteiger partial charge on any atom is 0.361 e. The Balaban J connectivity index is 4.25. The molecule has 0 amide bonds. The van der Waals surface area contributed by atoms with Crippen LogP contribution in [0.1, 0.15) is 187 Å². The minimum Gasteiger partial charge on any atom is -0.477 e. The first-order valence-electron chi connectivity index (χ1n) is 21.4. The Bertz CT molecular complexity index is 872. The molecule has 0 rings (SSSR count). The third kappa shape index (κ3) is 36.4. The Labute approximate surface area is 319 Å². The smallest absolute Gasteiger partial charge is 0.361 e. The average Bonchev–Trinajstić information content (AvgIpc) is 3.10. The summed E-state index contributed by atoms with van der Waals surface area (Å²) in [4.78, 5) is 36.8. The summed E-state index contributed by atoms with van der Waals surface area (Å²) in [5.41, 5.74) is 0. The molecule has 0 aliphatic carbocycles. The number of hydrogen-bond acceptors (Lipinski definition) is 7. The molecule has 1 N–H and O–H groups in total. The molecule has 52 heavy (non-hydrogen) atoms. The van der Waals surface area contributed by atoms with Crippen molar-refractivity contribution in [1.29, 1.82) is 0 Å². The summed E-state index contributed by atoms with van der Waals surface area (Å²) >= 11 is 0. The highest BCUT2D eigenvalue weighted by atomic mass is 16.7. The van der Waals surface area contributed by atoms with Gasteiger partial charge in [0.15, 0.2) is 6.10 Å². The minimum atomic E-state index is -1.50. The van der Waals surface area contributed by atoms with E-state index in [2.05, 4.69) is 26.0 Å². The van der Waals surface area contributed by atoms with Gasteiger partial charge < -0.3 is 28.5 Å². The Morgan fingerprint density at radius 2 is 0.981 bits per heavy atom. The van der Waals surface area contributed by atoms with Gasteiger partial charge in [-0.3, -0.25) is 9.59 Å². The normalized spacial score (nSPS) is 13.0. The molecule has 0 bridgehead atoms.